The lowest BCUT2D eigenvalue weighted by atomic mass is 10.2. The maximum Gasteiger partial charge on any atom is 0.260 e. The first kappa shape index (κ1) is 17.1. The number of rotatable bonds is 3. The molecule has 112 valence electrons. The molecule has 4 nitrogen and oxygen atoms in total. The van der Waals surface area contributed by atoms with Gasteiger partial charge >= 0.3 is 0 Å². The van der Waals surface area contributed by atoms with Gasteiger partial charge in [0.1, 0.15) is 5.75 Å². The van der Waals surface area contributed by atoms with E-state index in [0.717, 1.165) is 25.2 Å². The molecule has 0 bridgehead atoms. The molecule has 2 rings (SSSR count). The summed E-state index contributed by atoms with van der Waals surface area (Å²) in [6.45, 7) is 6.39. The summed E-state index contributed by atoms with van der Waals surface area (Å²) in [5.41, 5.74) is 0.866. The lowest BCUT2D eigenvalue weighted by molar-refractivity contribution is -0.136. The predicted octanol–water partition coefficient (Wildman–Crippen LogP) is 2.27. The minimum Gasteiger partial charge on any atom is -0.483 e. The Kier molecular flexibility index (Phi) is 6.59. The molecule has 1 aliphatic rings. The van der Waals surface area contributed by atoms with Gasteiger partial charge in [0.2, 0.25) is 0 Å². The molecule has 0 aromatic heterocycles. The Bertz CT molecular complexity index is 468. The Morgan fingerprint density at radius 1 is 1.55 bits per heavy atom. The average molecular weight is 319 g/mol. The summed E-state index contributed by atoms with van der Waals surface area (Å²) in [5.74, 6) is 0.692. The van der Waals surface area contributed by atoms with Crippen molar-refractivity contribution in [3.05, 3.63) is 28.8 Å². The molecule has 0 aliphatic carbocycles. The fourth-order valence-electron chi connectivity index (χ4n) is 2.18. The lowest BCUT2D eigenvalue weighted by Crippen LogP contribution is -2.53. The average Bonchev–Trinajstić information content (AvgIpc) is 2.40. The SMILES string of the molecule is Cc1c(Cl)cccc1OCC(=O)N1CCNCC1C.Cl. The molecule has 1 atom stereocenters. The molecule has 1 heterocycles. The summed E-state index contributed by atoms with van der Waals surface area (Å²) in [5, 5.41) is 3.91. The number of nitrogens with zero attached hydrogens (tertiary/aromatic N) is 1. The number of hydrogen-bond donors (Lipinski definition) is 1. The number of carbonyl (C=O) groups is 1. The molecule has 1 fully saturated rings. The van der Waals surface area contributed by atoms with Gasteiger partial charge in [-0.15, -0.1) is 12.4 Å². The highest BCUT2D eigenvalue weighted by Crippen LogP contribution is 2.25. The largest absolute Gasteiger partial charge is 0.483 e. The standard InChI is InChI=1S/C14H19ClN2O2.ClH/c1-10-8-16-6-7-17(10)14(18)9-19-13-5-3-4-12(15)11(13)2;/h3-5,10,16H,6-9H2,1-2H3;1H. The highest BCUT2D eigenvalue weighted by atomic mass is 35.5. The summed E-state index contributed by atoms with van der Waals surface area (Å²) in [7, 11) is 0. The molecule has 0 spiro atoms. The molecule has 0 radical (unpaired) electrons. The highest BCUT2D eigenvalue weighted by molar-refractivity contribution is 6.31. The van der Waals surface area contributed by atoms with Gasteiger partial charge in [0.05, 0.1) is 0 Å². The first-order valence-electron chi connectivity index (χ1n) is 6.47. The van der Waals surface area contributed by atoms with Crippen LogP contribution in [0.3, 0.4) is 0 Å². The van der Waals surface area contributed by atoms with Crippen molar-refractivity contribution < 1.29 is 9.53 Å². The van der Waals surface area contributed by atoms with Gasteiger partial charge in [0.15, 0.2) is 6.61 Å². The van der Waals surface area contributed by atoms with Crippen molar-refractivity contribution >= 4 is 29.9 Å². The zero-order valence-corrected chi connectivity index (χ0v) is 13.3. The van der Waals surface area contributed by atoms with E-state index < -0.39 is 0 Å². The maximum atomic E-state index is 12.1. The number of piperazine rings is 1. The van der Waals surface area contributed by atoms with Gasteiger partial charge in [0, 0.05) is 36.3 Å². The molecule has 1 N–H and O–H groups in total. The van der Waals surface area contributed by atoms with Crippen LogP contribution in [0, 0.1) is 6.92 Å². The quantitative estimate of drug-likeness (QED) is 0.929. The van der Waals surface area contributed by atoms with Crippen LogP contribution in [-0.2, 0) is 4.79 Å². The van der Waals surface area contributed by atoms with Crippen molar-refractivity contribution in [2.24, 2.45) is 0 Å². The molecular weight excluding hydrogens is 299 g/mol. The van der Waals surface area contributed by atoms with Gasteiger partial charge in [-0.1, -0.05) is 17.7 Å². The number of amides is 1. The van der Waals surface area contributed by atoms with Crippen molar-refractivity contribution in [3.8, 4) is 5.75 Å². The van der Waals surface area contributed by atoms with Crippen molar-refractivity contribution in [1.82, 2.24) is 10.2 Å². The van der Waals surface area contributed by atoms with E-state index in [1.54, 1.807) is 0 Å². The molecule has 6 heteroatoms. The summed E-state index contributed by atoms with van der Waals surface area (Å²) in [4.78, 5) is 14.0. The molecule has 1 aliphatic heterocycles. The third kappa shape index (κ3) is 4.01. The smallest absolute Gasteiger partial charge is 0.260 e. The van der Waals surface area contributed by atoms with Crippen LogP contribution in [0.4, 0.5) is 0 Å². The van der Waals surface area contributed by atoms with Crippen LogP contribution in [0.1, 0.15) is 12.5 Å². The zero-order chi connectivity index (χ0) is 13.8. The minimum atomic E-state index is 0. The summed E-state index contributed by atoms with van der Waals surface area (Å²) < 4.78 is 5.58. The van der Waals surface area contributed by atoms with Gasteiger partial charge < -0.3 is 15.0 Å². The second-order valence-electron chi connectivity index (χ2n) is 4.79. The first-order valence-corrected chi connectivity index (χ1v) is 6.85. The Balaban J connectivity index is 0.00000200. The third-order valence-electron chi connectivity index (χ3n) is 3.39. The Morgan fingerprint density at radius 2 is 2.30 bits per heavy atom. The van der Waals surface area contributed by atoms with Gasteiger partial charge in [-0.25, -0.2) is 0 Å². The van der Waals surface area contributed by atoms with Gasteiger partial charge in [-0.2, -0.15) is 0 Å². The zero-order valence-electron chi connectivity index (χ0n) is 11.7. The molecule has 0 saturated carbocycles. The highest BCUT2D eigenvalue weighted by Gasteiger charge is 2.23. The van der Waals surface area contributed by atoms with Crippen LogP contribution in [-0.4, -0.2) is 43.1 Å². The molecule has 1 amide bonds. The van der Waals surface area contributed by atoms with E-state index in [4.69, 9.17) is 16.3 Å². The molecule has 1 unspecified atom stereocenters. The number of ether oxygens (including phenoxy) is 1. The normalized spacial score (nSPS) is 18.4. The van der Waals surface area contributed by atoms with Gasteiger partial charge in [-0.05, 0) is 26.0 Å². The van der Waals surface area contributed by atoms with Gasteiger partial charge in [-0.3, -0.25) is 4.79 Å². The fourth-order valence-corrected chi connectivity index (χ4v) is 2.34. The topological polar surface area (TPSA) is 41.6 Å². The van der Waals surface area contributed by atoms with Crippen molar-refractivity contribution in [3.63, 3.8) is 0 Å². The first-order chi connectivity index (χ1) is 9.09. The number of halogens is 2. The van der Waals surface area contributed by atoms with Crippen LogP contribution in [0.25, 0.3) is 0 Å². The Hall–Kier alpha value is -0.970. The number of benzene rings is 1. The van der Waals surface area contributed by atoms with Gasteiger partial charge in [0.25, 0.3) is 5.91 Å². The summed E-state index contributed by atoms with van der Waals surface area (Å²) in [6.07, 6.45) is 0. The van der Waals surface area contributed by atoms with Crippen LogP contribution in [0.5, 0.6) is 5.75 Å². The molecule has 1 aromatic rings. The third-order valence-corrected chi connectivity index (χ3v) is 3.80. The number of hydrogen-bond acceptors (Lipinski definition) is 3. The molecule has 1 saturated heterocycles. The monoisotopic (exact) mass is 318 g/mol. The van der Waals surface area contributed by atoms with E-state index in [0.29, 0.717) is 10.8 Å². The molecule has 20 heavy (non-hydrogen) atoms. The molecular formula is C14H20Cl2N2O2. The number of nitrogens with one attached hydrogen (secondary N) is 1. The van der Waals surface area contributed by atoms with E-state index in [9.17, 15) is 4.79 Å². The minimum absolute atomic E-state index is 0. The Morgan fingerprint density at radius 3 is 3.00 bits per heavy atom. The van der Waals surface area contributed by atoms with E-state index >= 15 is 0 Å². The number of carbonyl (C=O) groups excluding carboxylic acids is 1. The lowest BCUT2D eigenvalue weighted by Gasteiger charge is -2.33. The fraction of sp³-hybridized carbons (Fsp3) is 0.500. The second-order valence-corrected chi connectivity index (χ2v) is 5.20. The van der Waals surface area contributed by atoms with E-state index in [-0.39, 0.29) is 31.0 Å². The van der Waals surface area contributed by atoms with E-state index in [2.05, 4.69) is 5.32 Å². The van der Waals surface area contributed by atoms with Crippen LogP contribution < -0.4 is 10.1 Å². The van der Waals surface area contributed by atoms with Crippen LogP contribution in [0.2, 0.25) is 5.02 Å². The van der Waals surface area contributed by atoms with Crippen molar-refractivity contribution in [2.75, 3.05) is 26.2 Å². The van der Waals surface area contributed by atoms with Crippen molar-refractivity contribution in [2.45, 2.75) is 19.9 Å². The van der Waals surface area contributed by atoms with E-state index in [1.807, 2.05) is 36.9 Å². The Labute approximate surface area is 130 Å². The van der Waals surface area contributed by atoms with Crippen molar-refractivity contribution in [1.29, 1.82) is 0 Å². The van der Waals surface area contributed by atoms with Crippen LogP contribution in [0.15, 0.2) is 18.2 Å². The maximum absolute atomic E-state index is 12.1. The summed E-state index contributed by atoms with van der Waals surface area (Å²) in [6, 6.07) is 5.67. The predicted molar refractivity (Wildman–Crippen MR) is 83.0 cm³/mol. The summed E-state index contributed by atoms with van der Waals surface area (Å²) >= 11 is 6.02. The second kappa shape index (κ2) is 7.72. The van der Waals surface area contributed by atoms with E-state index in [1.165, 1.54) is 0 Å². The van der Waals surface area contributed by atoms with Crippen LogP contribution >= 0.6 is 24.0 Å². The molecule has 1 aromatic carbocycles.